The van der Waals surface area contributed by atoms with Gasteiger partial charge in [-0.3, -0.25) is 4.79 Å². The predicted molar refractivity (Wildman–Crippen MR) is 76.3 cm³/mol. The SMILES string of the molecule is CC1(C(=O)Nc2ccc3c(c2)OCCCO3)CCCN1. The molecular weight excluding hydrogens is 256 g/mol. The highest BCUT2D eigenvalue weighted by Crippen LogP contribution is 2.32. The number of carbonyl (C=O) groups is 1. The number of amides is 1. The third-order valence-corrected chi connectivity index (χ3v) is 3.88. The Hall–Kier alpha value is -1.75. The van der Waals surface area contributed by atoms with E-state index in [0.717, 1.165) is 37.2 Å². The summed E-state index contributed by atoms with van der Waals surface area (Å²) in [5.74, 6) is 1.44. The number of benzene rings is 1. The fourth-order valence-electron chi connectivity index (χ4n) is 2.60. The minimum absolute atomic E-state index is 0.00416. The first-order valence-electron chi connectivity index (χ1n) is 7.13. The number of hydrogen-bond acceptors (Lipinski definition) is 4. The first-order valence-corrected chi connectivity index (χ1v) is 7.13. The van der Waals surface area contributed by atoms with Crippen LogP contribution in [0.15, 0.2) is 18.2 Å². The molecule has 1 atom stereocenters. The molecule has 1 aromatic carbocycles. The van der Waals surface area contributed by atoms with E-state index in [1.165, 1.54) is 0 Å². The van der Waals surface area contributed by atoms with E-state index < -0.39 is 5.54 Å². The Morgan fingerprint density at radius 3 is 2.80 bits per heavy atom. The molecule has 3 rings (SSSR count). The molecular formula is C15H20N2O3. The second kappa shape index (κ2) is 5.32. The summed E-state index contributed by atoms with van der Waals surface area (Å²) >= 11 is 0. The molecule has 0 saturated carbocycles. The molecule has 0 bridgehead atoms. The standard InChI is InChI=1S/C15H20N2O3/c1-15(6-2-7-16-15)14(18)17-11-4-5-12-13(10-11)20-9-3-8-19-12/h4-5,10,16H,2-3,6-9H2,1H3,(H,17,18). The van der Waals surface area contributed by atoms with Crippen LogP contribution in [-0.4, -0.2) is 31.2 Å². The zero-order valence-electron chi connectivity index (χ0n) is 11.7. The quantitative estimate of drug-likeness (QED) is 0.866. The van der Waals surface area contributed by atoms with E-state index in [2.05, 4.69) is 10.6 Å². The summed E-state index contributed by atoms with van der Waals surface area (Å²) in [5, 5.41) is 6.22. The van der Waals surface area contributed by atoms with Gasteiger partial charge in [-0.25, -0.2) is 0 Å². The van der Waals surface area contributed by atoms with Gasteiger partial charge >= 0.3 is 0 Å². The molecule has 108 valence electrons. The van der Waals surface area contributed by atoms with Crippen LogP contribution in [0.3, 0.4) is 0 Å². The first kappa shape index (κ1) is 13.2. The summed E-state index contributed by atoms with van der Waals surface area (Å²) in [6.45, 7) is 4.15. The molecule has 1 aromatic rings. The lowest BCUT2D eigenvalue weighted by molar-refractivity contribution is -0.121. The zero-order chi connectivity index (χ0) is 14.0. The number of carbonyl (C=O) groups excluding carboxylic acids is 1. The molecule has 2 aliphatic rings. The van der Waals surface area contributed by atoms with Crippen LogP contribution < -0.4 is 20.1 Å². The van der Waals surface area contributed by atoms with Gasteiger partial charge in [0.05, 0.1) is 18.8 Å². The van der Waals surface area contributed by atoms with Gasteiger partial charge in [-0.15, -0.1) is 0 Å². The van der Waals surface area contributed by atoms with Gasteiger partial charge in [0.2, 0.25) is 5.91 Å². The highest BCUT2D eigenvalue weighted by molar-refractivity contribution is 5.98. The van der Waals surface area contributed by atoms with E-state index in [1.54, 1.807) is 0 Å². The molecule has 1 unspecified atom stereocenters. The van der Waals surface area contributed by atoms with Crippen molar-refractivity contribution in [3.05, 3.63) is 18.2 Å². The fourth-order valence-corrected chi connectivity index (χ4v) is 2.60. The summed E-state index contributed by atoms with van der Waals surface area (Å²) in [5.41, 5.74) is 0.277. The lowest BCUT2D eigenvalue weighted by Crippen LogP contribution is -2.47. The van der Waals surface area contributed by atoms with Crippen molar-refractivity contribution in [2.45, 2.75) is 31.7 Å². The summed E-state index contributed by atoms with van der Waals surface area (Å²) in [4.78, 5) is 12.3. The Kier molecular flexibility index (Phi) is 3.53. The average molecular weight is 276 g/mol. The van der Waals surface area contributed by atoms with Crippen LogP contribution in [0.5, 0.6) is 11.5 Å². The van der Waals surface area contributed by atoms with Gasteiger partial charge in [-0.2, -0.15) is 0 Å². The number of rotatable bonds is 2. The highest BCUT2D eigenvalue weighted by atomic mass is 16.5. The van der Waals surface area contributed by atoms with Crippen molar-refractivity contribution in [3.8, 4) is 11.5 Å². The monoisotopic (exact) mass is 276 g/mol. The van der Waals surface area contributed by atoms with Crippen molar-refractivity contribution in [1.29, 1.82) is 0 Å². The smallest absolute Gasteiger partial charge is 0.244 e. The van der Waals surface area contributed by atoms with Crippen LogP contribution in [-0.2, 0) is 4.79 Å². The minimum atomic E-state index is -0.468. The lowest BCUT2D eigenvalue weighted by atomic mass is 9.99. The van der Waals surface area contributed by atoms with Crippen molar-refractivity contribution in [1.82, 2.24) is 5.32 Å². The van der Waals surface area contributed by atoms with Gasteiger partial charge in [0.1, 0.15) is 0 Å². The van der Waals surface area contributed by atoms with Crippen molar-refractivity contribution < 1.29 is 14.3 Å². The Morgan fingerprint density at radius 1 is 1.25 bits per heavy atom. The van der Waals surface area contributed by atoms with Gasteiger partial charge < -0.3 is 20.1 Å². The Bertz CT molecular complexity index is 510. The number of nitrogens with one attached hydrogen (secondary N) is 2. The Balaban J connectivity index is 1.74. The molecule has 2 aliphatic heterocycles. The highest BCUT2D eigenvalue weighted by Gasteiger charge is 2.35. The fraction of sp³-hybridized carbons (Fsp3) is 0.533. The third-order valence-electron chi connectivity index (χ3n) is 3.88. The van der Waals surface area contributed by atoms with Gasteiger partial charge in [0.15, 0.2) is 11.5 Å². The van der Waals surface area contributed by atoms with Crippen LogP contribution in [0.2, 0.25) is 0 Å². The maximum absolute atomic E-state index is 12.3. The molecule has 1 fully saturated rings. The number of hydrogen-bond donors (Lipinski definition) is 2. The van der Waals surface area contributed by atoms with Crippen LogP contribution in [0.1, 0.15) is 26.2 Å². The largest absolute Gasteiger partial charge is 0.490 e. The molecule has 5 heteroatoms. The summed E-state index contributed by atoms with van der Waals surface area (Å²) in [6.07, 6.45) is 2.77. The molecule has 20 heavy (non-hydrogen) atoms. The third kappa shape index (κ3) is 2.58. The summed E-state index contributed by atoms with van der Waals surface area (Å²) in [6, 6.07) is 5.53. The van der Waals surface area contributed by atoms with Crippen LogP contribution in [0.4, 0.5) is 5.69 Å². The summed E-state index contributed by atoms with van der Waals surface area (Å²) in [7, 11) is 0. The molecule has 2 N–H and O–H groups in total. The molecule has 0 radical (unpaired) electrons. The average Bonchev–Trinajstić information content (AvgIpc) is 2.76. The maximum atomic E-state index is 12.3. The van der Waals surface area contributed by atoms with E-state index in [-0.39, 0.29) is 5.91 Å². The molecule has 1 saturated heterocycles. The number of ether oxygens (including phenoxy) is 2. The van der Waals surface area contributed by atoms with Crippen LogP contribution in [0.25, 0.3) is 0 Å². The molecule has 0 aromatic heterocycles. The molecule has 0 aliphatic carbocycles. The van der Waals surface area contributed by atoms with Crippen molar-refractivity contribution in [2.75, 3.05) is 25.1 Å². The van der Waals surface area contributed by atoms with Crippen LogP contribution >= 0.6 is 0 Å². The van der Waals surface area contributed by atoms with E-state index in [4.69, 9.17) is 9.47 Å². The predicted octanol–water partition coefficient (Wildman–Crippen LogP) is 1.93. The molecule has 1 amide bonds. The Morgan fingerprint density at radius 2 is 2.05 bits per heavy atom. The van der Waals surface area contributed by atoms with Crippen molar-refractivity contribution >= 4 is 11.6 Å². The maximum Gasteiger partial charge on any atom is 0.244 e. The van der Waals surface area contributed by atoms with E-state index in [0.29, 0.717) is 19.0 Å². The van der Waals surface area contributed by atoms with Gasteiger partial charge in [0, 0.05) is 18.2 Å². The summed E-state index contributed by atoms with van der Waals surface area (Å²) < 4.78 is 11.2. The van der Waals surface area contributed by atoms with E-state index in [9.17, 15) is 4.79 Å². The molecule has 5 nitrogen and oxygen atoms in total. The van der Waals surface area contributed by atoms with Crippen molar-refractivity contribution in [3.63, 3.8) is 0 Å². The molecule has 0 spiro atoms. The number of anilines is 1. The Labute approximate surface area is 118 Å². The zero-order valence-corrected chi connectivity index (χ0v) is 11.7. The van der Waals surface area contributed by atoms with E-state index >= 15 is 0 Å². The van der Waals surface area contributed by atoms with E-state index in [1.807, 2.05) is 25.1 Å². The first-order chi connectivity index (χ1) is 9.67. The van der Waals surface area contributed by atoms with Crippen molar-refractivity contribution in [2.24, 2.45) is 0 Å². The van der Waals surface area contributed by atoms with Crippen LogP contribution in [0, 0.1) is 0 Å². The van der Waals surface area contributed by atoms with Gasteiger partial charge in [0.25, 0.3) is 0 Å². The second-order valence-corrected chi connectivity index (χ2v) is 5.53. The topological polar surface area (TPSA) is 59.6 Å². The molecule has 2 heterocycles. The second-order valence-electron chi connectivity index (χ2n) is 5.53. The van der Waals surface area contributed by atoms with Gasteiger partial charge in [-0.1, -0.05) is 0 Å². The number of fused-ring (bicyclic) bond motifs is 1. The minimum Gasteiger partial charge on any atom is -0.490 e. The normalized spacial score (nSPS) is 25.1. The lowest BCUT2D eigenvalue weighted by Gasteiger charge is -2.23. The van der Waals surface area contributed by atoms with Gasteiger partial charge in [-0.05, 0) is 38.4 Å².